The van der Waals surface area contributed by atoms with Gasteiger partial charge in [-0.1, -0.05) is 12.1 Å². The minimum Gasteiger partial charge on any atom is -0.306 e. The van der Waals surface area contributed by atoms with Gasteiger partial charge < -0.3 is 9.88 Å². The van der Waals surface area contributed by atoms with Gasteiger partial charge in [-0.25, -0.2) is 4.79 Å². The summed E-state index contributed by atoms with van der Waals surface area (Å²) in [5.41, 5.74) is 1.97. The van der Waals surface area contributed by atoms with E-state index in [0.717, 1.165) is 50.1 Å². The largest absolute Gasteiger partial charge is 0.326 e. The number of piperidine rings is 1. The number of nitrogens with one attached hydrogen (secondary N) is 1. The van der Waals surface area contributed by atoms with Crippen LogP contribution in [0.3, 0.4) is 0 Å². The highest BCUT2D eigenvalue weighted by atomic mass is 16.1. The van der Waals surface area contributed by atoms with Crippen molar-refractivity contribution in [3.8, 4) is 0 Å². The predicted molar refractivity (Wildman–Crippen MR) is 89.5 cm³/mol. The number of benzene rings is 1. The third kappa shape index (κ3) is 2.82. The summed E-state index contributed by atoms with van der Waals surface area (Å²) in [6, 6.07) is 10.2. The second-order valence-electron chi connectivity index (χ2n) is 6.16. The lowest BCUT2D eigenvalue weighted by molar-refractivity contribution is 0.179. The first-order valence-corrected chi connectivity index (χ1v) is 8.20. The fraction of sp³-hybridized carbons (Fsp3) is 0.412. The molecule has 1 aromatic carbocycles. The van der Waals surface area contributed by atoms with Crippen molar-refractivity contribution in [2.75, 3.05) is 19.6 Å². The standard InChI is InChI=1S/C17H21N5O/c23-17-19-15-4-1-2-5-16(15)22(17)14-6-10-20(11-7-14)12-13-21-9-3-8-18-21/h1-5,8-9,14H,6-7,10-13H2,(H,19,23). The van der Waals surface area contributed by atoms with Crippen LogP contribution in [0.15, 0.2) is 47.5 Å². The van der Waals surface area contributed by atoms with E-state index in [2.05, 4.69) is 15.0 Å². The van der Waals surface area contributed by atoms with Crippen molar-refractivity contribution in [3.05, 3.63) is 53.2 Å². The normalized spacial score (nSPS) is 17.0. The zero-order valence-corrected chi connectivity index (χ0v) is 13.1. The van der Waals surface area contributed by atoms with Gasteiger partial charge in [-0.15, -0.1) is 0 Å². The summed E-state index contributed by atoms with van der Waals surface area (Å²) < 4.78 is 3.91. The monoisotopic (exact) mass is 311 g/mol. The number of aromatic amines is 1. The van der Waals surface area contributed by atoms with Crippen LogP contribution in [0.5, 0.6) is 0 Å². The van der Waals surface area contributed by atoms with E-state index in [1.54, 1.807) is 0 Å². The third-order valence-corrected chi connectivity index (χ3v) is 4.75. The molecule has 0 amide bonds. The number of aromatic nitrogens is 4. The van der Waals surface area contributed by atoms with Crippen LogP contribution in [0, 0.1) is 0 Å². The van der Waals surface area contributed by atoms with E-state index in [1.807, 2.05) is 52.0 Å². The number of rotatable bonds is 4. The van der Waals surface area contributed by atoms with Crippen LogP contribution in [0.25, 0.3) is 11.0 Å². The number of para-hydroxylation sites is 2. The van der Waals surface area contributed by atoms with E-state index in [9.17, 15) is 4.79 Å². The van der Waals surface area contributed by atoms with Crippen LogP contribution in [-0.2, 0) is 6.54 Å². The van der Waals surface area contributed by atoms with Crippen molar-refractivity contribution >= 4 is 11.0 Å². The second-order valence-corrected chi connectivity index (χ2v) is 6.16. The number of hydrogen-bond acceptors (Lipinski definition) is 3. The van der Waals surface area contributed by atoms with Crippen molar-refractivity contribution in [1.29, 1.82) is 0 Å². The summed E-state index contributed by atoms with van der Waals surface area (Å²) in [6.07, 6.45) is 5.84. The number of nitrogens with zero attached hydrogens (tertiary/aromatic N) is 4. The summed E-state index contributed by atoms with van der Waals surface area (Å²) in [5, 5.41) is 4.24. The highest BCUT2D eigenvalue weighted by molar-refractivity contribution is 5.75. The molecule has 1 aliphatic rings. The van der Waals surface area contributed by atoms with Gasteiger partial charge in [-0.3, -0.25) is 9.25 Å². The molecule has 2 aromatic heterocycles. The van der Waals surface area contributed by atoms with Gasteiger partial charge in [0.25, 0.3) is 0 Å². The van der Waals surface area contributed by atoms with Crippen LogP contribution in [0.1, 0.15) is 18.9 Å². The van der Waals surface area contributed by atoms with E-state index in [1.165, 1.54) is 0 Å². The molecule has 0 aliphatic carbocycles. The Morgan fingerprint density at radius 3 is 2.74 bits per heavy atom. The number of hydrogen-bond donors (Lipinski definition) is 1. The Bertz CT molecular complexity index is 824. The molecule has 0 bridgehead atoms. The van der Waals surface area contributed by atoms with Gasteiger partial charge in [-0.05, 0) is 31.0 Å². The number of H-pyrrole nitrogens is 1. The molecule has 1 saturated heterocycles. The maximum Gasteiger partial charge on any atom is 0.326 e. The first-order chi connectivity index (χ1) is 11.3. The van der Waals surface area contributed by atoms with Crippen LogP contribution in [0.2, 0.25) is 0 Å². The summed E-state index contributed by atoms with van der Waals surface area (Å²) in [6.45, 7) is 3.98. The van der Waals surface area contributed by atoms with Crippen molar-refractivity contribution < 1.29 is 0 Å². The van der Waals surface area contributed by atoms with Crippen LogP contribution in [-0.4, -0.2) is 43.9 Å². The van der Waals surface area contributed by atoms with Gasteiger partial charge in [0, 0.05) is 38.1 Å². The SMILES string of the molecule is O=c1[nH]c2ccccc2n1C1CCN(CCn2cccn2)CC1. The lowest BCUT2D eigenvalue weighted by Gasteiger charge is -2.32. The first-order valence-electron chi connectivity index (χ1n) is 8.20. The Hall–Kier alpha value is -2.34. The first kappa shape index (κ1) is 14.3. The summed E-state index contributed by atoms with van der Waals surface area (Å²) in [7, 11) is 0. The fourth-order valence-corrected chi connectivity index (χ4v) is 3.51. The predicted octanol–water partition coefficient (Wildman–Crippen LogP) is 1.86. The molecular weight excluding hydrogens is 290 g/mol. The van der Waals surface area contributed by atoms with Gasteiger partial charge in [0.15, 0.2) is 0 Å². The molecule has 3 heterocycles. The molecule has 23 heavy (non-hydrogen) atoms. The number of imidazole rings is 1. The Morgan fingerprint density at radius 1 is 1.13 bits per heavy atom. The highest BCUT2D eigenvalue weighted by Gasteiger charge is 2.23. The Labute approximate surface area is 134 Å². The smallest absolute Gasteiger partial charge is 0.306 e. The molecule has 0 atom stereocenters. The highest BCUT2D eigenvalue weighted by Crippen LogP contribution is 2.24. The fourth-order valence-electron chi connectivity index (χ4n) is 3.51. The lowest BCUT2D eigenvalue weighted by atomic mass is 10.0. The second kappa shape index (κ2) is 6.04. The Kier molecular flexibility index (Phi) is 3.75. The van der Waals surface area contributed by atoms with E-state index >= 15 is 0 Å². The number of likely N-dealkylation sites (tertiary alicyclic amines) is 1. The molecule has 0 radical (unpaired) electrons. The van der Waals surface area contributed by atoms with Crippen LogP contribution in [0.4, 0.5) is 0 Å². The van der Waals surface area contributed by atoms with Gasteiger partial charge in [-0.2, -0.15) is 5.10 Å². The Morgan fingerprint density at radius 2 is 1.96 bits per heavy atom. The lowest BCUT2D eigenvalue weighted by Crippen LogP contribution is -2.38. The zero-order valence-electron chi connectivity index (χ0n) is 13.1. The van der Waals surface area contributed by atoms with E-state index in [-0.39, 0.29) is 5.69 Å². The molecular formula is C17H21N5O. The molecule has 120 valence electrons. The quantitative estimate of drug-likeness (QED) is 0.800. The van der Waals surface area contributed by atoms with Crippen molar-refractivity contribution in [2.24, 2.45) is 0 Å². The average Bonchev–Trinajstić information content (AvgIpc) is 3.20. The van der Waals surface area contributed by atoms with Crippen molar-refractivity contribution in [3.63, 3.8) is 0 Å². The van der Waals surface area contributed by atoms with Crippen LogP contribution < -0.4 is 5.69 Å². The zero-order chi connectivity index (χ0) is 15.6. The minimum absolute atomic E-state index is 0.0150. The molecule has 1 fully saturated rings. The van der Waals surface area contributed by atoms with Gasteiger partial charge in [0.05, 0.1) is 17.6 Å². The van der Waals surface area contributed by atoms with E-state index < -0.39 is 0 Å². The molecule has 1 aliphatic heterocycles. The molecule has 6 nitrogen and oxygen atoms in total. The summed E-state index contributed by atoms with van der Waals surface area (Å²) in [5.74, 6) is 0. The van der Waals surface area contributed by atoms with Crippen molar-refractivity contribution in [2.45, 2.75) is 25.4 Å². The molecule has 0 spiro atoms. The molecule has 0 saturated carbocycles. The average molecular weight is 311 g/mol. The molecule has 1 N–H and O–H groups in total. The molecule has 4 rings (SSSR count). The summed E-state index contributed by atoms with van der Waals surface area (Å²) >= 11 is 0. The maximum atomic E-state index is 12.3. The van der Waals surface area contributed by atoms with Gasteiger partial charge in [0.2, 0.25) is 0 Å². The summed E-state index contributed by atoms with van der Waals surface area (Å²) in [4.78, 5) is 17.7. The topological polar surface area (TPSA) is 58.9 Å². The van der Waals surface area contributed by atoms with Gasteiger partial charge >= 0.3 is 5.69 Å². The van der Waals surface area contributed by atoms with Crippen molar-refractivity contribution in [1.82, 2.24) is 24.2 Å². The van der Waals surface area contributed by atoms with E-state index in [0.29, 0.717) is 6.04 Å². The maximum absolute atomic E-state index is 12.3. The van der Waals surface area contributed by atoms with Gasteiger partial charge in [0.1, 0.15) is 0 Å². The molecule has 3 aromatic rings. The van der Waals surface area contributed by atoms with E-state index in [4.69, 9.17) is 0 Å². The molecule has 0 unspecified atom stereocenters. The molecule has 6 heteroatoms. The minimum atomic E-state index is 0.0150. The number of fused-ring (bicyclic) bond motifs is 1. The third-order valence-electron chi connectivity index (χ3n) is 4.75. The van der Waals surface area contributed by atoms with Crippen LogP contribution >= 0.6 is 0 Å². The Balaban J connectivity index is 1.42.